The maximum atomic E-state index is 10.6. The van der Waals surface area contributed by atoms with E-state index in [1.165, 1.54) is 40.6 Å². The van der Waals surface area contributed by atoms with Gasteiger partial charge in [-0.3, -0.25) is 0 Å². The Bertz CT molecular complexity index is 564. The van der Waals surface area contributed by atoms with Crippen LogP contribution in [0, 0.1) is 10.1 Å². The molecule has 0 atom stereocenters. The van der Waals surface area contributed by atoms with E-state index in [2.05, 4.69) is 19.9 Å². The third-order valence-electron chi connectivity index (χ3n) is 1.93. The lowest BCUT2D eigenvalue weighted by Crippen LogP contribution is -2.03. The van der Waals surface area contributed by atoms with Crippen molar-refractivity contribution in [3.63, 3.8) is 0 Å². The van der Waals surface area contributed by atoms with Crippen LogP contribution in [0.3, 0.4) is 0 Å². The van der Waals surface area contributed by atoms with Gasteiger partial charge in [0.1, 0.15) is 6.20 Å². The zero-order chi connectivity index (χ0) is 13.1. The van der Waals surface area contributed by atoms with Crippen LogP contribution in [-0.4, -0.2) is 41.9 Å². The highest BCUT2D eigenvalue weighted by molar-refractivity contribution is 7.99. The second-order valence-corrected chi connectivity index (χ2v) is 4.55. The van der Waals surface area contributed by atoms with E-state index in [0.29, 0.717) is 16.3 Å². The minimum Gasteiger partial charge on any atom is -0.358 e. The van der Waals surface area contributed by atoms with Crippen LogP contribution < -0.4 is 0 Å². The van der Waals surface area contributed by atoms with Crippen LogP contribution in [0.4, 0.5) is 5.82 Å². The third-order valence-corrected chi connectivity index (χ3v) is 3.03. The number of hydrogen-bond acceptors (Lipinski definition) is 8. The van der Waals surface area contributed by atoms with Crippen molar-refractivity contribution in [1.82, 2.24) is 24.5 Å². The molecule has 0 radical (unpaired) electrons. The van der Waals surface area contributed by atoms with E-state index in [9.17, 15) is 10.1 Å². The lowest BCUT2D eigenvalue weighted by atomic mass is 10.7. The van der Waals surface area contributed by atoms with Gasteiger partial charge in [-0.25, -0.2) is 4.57 Å². The molecule has 0 bridgehead atoms. The molecule has 0 aliphatic heterocycles. The number of nitro groups is 1. The van der Waals surface area contributed by atoms with Gasteiger partial charge in [0, 0.05) is 0 Å². The molecule has 94 valence electrons. The molecule has 0 aliphatic carbocycles. The molecular formula is C8H8N6O2S2. The van der Waals surface area contributed by atoms with Crippen molar-refractivity contribution in [2.75, 3.05) is 12.5 Å². The first kappa shape index (κ1) is 12.8. The molecule has 0 aliphatic rings. The SMILES string of the molecule is CSc1nc(SC)nc(-n2cnc([N+](=O)[O-])c2)n1. The molecule has 0 fully saturated rings. The summed E-state index contributed by atoms with van der Waals surface area (Å²) in [4.78, 5) is 26.2. The number of rotatable bonds is 4. The highest BCUT2D eigenvalue weighted by atomic mass is 32.2. The largest absolute Gasteiger partial charge is 0.382 e. The molecular weight excluding hydrogens is 276 g/mol. The first-order chi connectivity index (χ1) is 8.63. The lowest BCUT2D eigenvalue weighted by Gasteiger charge is -2.02. The summed E-state index contributed by atoms with van der Waals surface area (Å²) >= 11 is 2.75. The van der Waals surface area contributed by atoms with Crippen molar-refractivity contribution in [3.8, 4) is 5.95 Å². The summed E-state index contributed by atoms with van der Waals surface area (Å²) in [5.74, 6) is 0.0751. The van der Waals surface area contributed by atoms with Crippen molar-refractivity contribution in [1.29, 1.82) is 0 Å². The third kappa shape index (κ3) is 2.59. The molecule has 18 heavy (non-hydrogen) atoms. The zero-order valence-electron chi connectivity index (χ0n) is 9.47. The van der Waals surface area contributed by atoms with Crippen LogP contribution in [0.5, 0.6) is 0 Å². The Morgan fingerprint density at radius 2 is 1.83 bits per heavy atom. The highest BCUT2D eigenvalue weighted by Gasteiger charge is 2.14. The summed E-state index contributed by atoms with van der Waals surface area (Å²) in [7, 11) is 0. The first-order valence-electron chi connectivity index (χ1n) is 4.67. The number of thioether (sulfide) groups is 2. The van der Waals surface area contributed by atoms with Gasteiger partial charge < -0.3 is 10.1 Å². The average Bonchev–Trinajstić information content (AvgIpc) is 2.87. The zero-order valence-corrected chi connectivity index (χ0v) is 11.1. The minimum absolute atomic E-state index is 0.244. The molecule has 0 saturated carbocycles. The molecule has 10 heteroatoms. The van der Waals surface area contributed by atoms with Crippen LogP contribution in [0.1, 0.15) is 0 Å². The summed E-state index contributed by atoms with van der Waals surface area (Å²) in [5, 5.41) is 11.7. The molecule has 2 heterocycles. The van der Waals surface area contributed by atoms with Gasteiger partial charge >= 0.3 is 5.82 Å². The standard InChI is InChI=1S/C8H8N6O2S2/c1-17-7-10-6(11-8(12-7)18-2)13-3-5(9-4-13)14(15)16/h3-4H,1-2H3. The Morgan fingerprint density at radius 1 is 1.22 bits per heavy atom. The van der Waals surface area contributed by atoms with Crippen LogP contribution in [0.25, 0.3) is 5.95 Å². The van der Waals surface area contributed by atoms with Gasteiger partial charge in [-0.15, -0.1) is 0 Å². The maximum absolute atomic E-state index is 10.6. The van der Waals surface area contributed by atoms with Crippen molar-refractivity contribution in [3.05, 3.63) is 22.6 Å². The number of hydrogen-bond donors (Lipinski definition) is 0. The van der Waals surface area contributed by atoms with Crippen LogP contribution in [-0.2, 0) is 0 Å². The molecule has 0 saturated heterocycles. The normalized spacial score (nSPS) is 10.6. The molecule has 2 aromatic heterocycles. The Kier molecular flexibility index (Phi) is 3.77. The number of nitrogens with zero attached hydrogens (tertiary/aromatic N) is 6. The molecule has 0 spiro atoms. The average molecular weight is 284 g/mol. The molecule has 0 unspecified atom stereocenters. The van der Waals surface area contributed by atoms with Gasteiger partial charge in [-0.1, -0.05) is 23.5 Å². The van der Waals surface area contributed by atoms with E-state index in [1.807, 2.05) is 12.5 Å². The van der Waals surface area contributed by atoms with Crippen molar-refractivity contribution in [2.24, 2.45) is 0 Å². The molecule has 8 nitrogen and oxygen atoms in total. The molecule has 2 rings (SSSR count). The maximum Gasteiger partial charge on any atom is 0.382 e. The summed E-state index contributed by atoms with van der Waals surface area (Å²) in [5.41, 5.74) is 0. The Hall–Kier alpha value is -1.68. The van der Waals surface area contributed by atoms with Crippen LogP contribution in [0.2, 0.25) is 0 Å². The summed E-state index contributed by atoms with van der Waals surface area (Å²) in [6, 6.07) is 0. The highest BCUT2D eigenvalue weighted by Crippen LogP contribution is 2.17. The van der Waals surface area contributed by atoms with Crippen LogP contribution in [0.15, 0.2) is 22.8 Å². The molecule has 0 N–H and O–H groups in total. The smallest absolute Gasteiger partial charge is 0.358 e. The summed E-state index contributed by atoms with van der Waals surface area (Å²) < 4.78 is 1.40. The summed E-state index contributed by atoms with van der Waals surface area (Å²) in [6.45, 7) is 0. The van der Waals surface area contributed by atoms with E-state index in [0.717, 1.165) is 0 Å². The van der Waals surface area contributed by atoms with Gasteiger partial charge in [-0.2, -0.15) is 15.0 Å². The van der Waals surface area contributed by atoms with Crippen molar-refractivity contribution >= 4 is 29.3 Å². The fraction of sp³-hybridized carbons (Fsp3) is 0.250. The molecule has 0 amide bonds. The summed E-state index contributed by atoms with van der Waals surface area (Å²) in [6.07, 6.45) is 6.27. The first-order valence-corrected chi connectivity index (χ1v) is 7.12. The van der Waals surface area contributed by atoms with E-state index < -0.39 is 4.92 Å². The van der Waals surface area contributed by atoms with E-state index in [4.69, 9.17) is 0 Å². The monoisotopic (exact) mass is 284 g/mol. The minimum atomic E-state index is -0.567. The van der Waals surface area contributed by atoms with Gasteiger partial charge in [-0.05, 0) is 22.4 Å². The lowest BCUT2D eigenvalue weighted by molar-refractivity contribution is -0.389. The van der Waals surface area contributed by atoms with E-state index >= 15 is 0 Å². The van der Waals surface area contributed by atoms with Crippen molar-refractivity contribution < 1.29 is 4.92 Å². The molecule has 2 aromatic rings. The van der Waals surface area contributed by atoms with E-state index in [1.54, 1.807) is 0 Å². The molecule has 0 aromatic carbocycles. The van der Waals surface area contributed by atoms with Gasteiger partial charge in [0.25, 0.3) is 0 Å². The number of imidazole rings is 1. The topological polar surface area (TPSA) is 99.6 Å². The van der Waals surface area contributed by atoms with Crippen LogP contribution >= 0.6 is 23.5 Å². The fourth-order valence-corrected chi connectivity index (χ4v) is 1.90. The predicted molar refractivity (Wildman–Crippen MR) is 67.2 cm³/mol. The van der Waals surface area contributed by atoms with Gasteiger partial charge in [0.05, 0.1) is 0 Å². The fourth-order valence-electron chi connectivity index (χ4n) is 1.14. The predicted octanol–water partition coefficient (Wildman–Crippen LogP) is 1.41. The Balaban J connectivity index is 2.45. The van der Waals surface area contributed by atoms with E-state index in [-0.39, 0.29) is 5.82 Å². The van der Waals surface area contributed by atoms with Gasteiger partial charge in [0.15, 0.2) is 10.3 Å². The van der Waals surface area contributed by atoms with Crippen molar-refractivity contribution in [2.45, 2.75) is 10.3 Å². The second-order valence-electron chi connectivity index (χ2n) is 3.01. The Labute approximate surface area is 110 Å². The Morgan fingerprint density at radius 3 is 2.28 bits per heavy atom. The van der Waals surface area contributed by atoms with Gasteiger partial charge in [0.2, 0.25) is 12.3 Å². The quantitative estimate of drug-likeness (QED) is 0.472. The second kappa shape index (κ2) is 5.31. The number of aromatic nitrogens is 5.